The average Bonchev–Trinajstić information content (AvgIpc) is 2.26. The van der Waals surface area contributed by atoms with Gasteiger partial charge in [-0.2, -0.15) is 0 Å². The van der Waals surface area contributed by atoms with Crippen molar-refractivity contribution >= 4 is 34.8 Å². The van der Waals surface area contributed by atoms with Gasteiger partial charge in [-0.1, -0.05) is 23.2 Å². The van der Waals surface area contributed by atoms with Crippen molar-refractivity contribution < 1.29 is 4.74 Å². The van der Waals surface area contributed by atoms with Gasteiger partial charge in [0.25, 0.3) is 0 Å². The first-order valence-electron chi connectivity index (χ1n) is 5.22. The van der Waals surface area contributed by atoms with Crippen LogP contribution in [0.2, 0.25) is 10.0 Å². The lowest BCUT2D eigenvalue weighted by atomic mass is 10.4. The number of anilines is 2. The van der Waals surface area contributed by atoms with Crippen LogP contribution in [0.25, 0.3) is 0 Å². The number of nitrogens with one attached hydrogen (secondary N) is 2. The Morgan fingerprint density at radius 2 is 2.00 bits per heavy atom. The molecule has 1 heterocycles. The van der Waals surface area contributed by atoms with Crippen LogP contribution >= 0.6 is 23.2 Å². The van der Waals surface area contributed by atoms with Gasteiger partial charge in [-0.15, -0.1) is 0 Å². The summed E-state index contributed by atoms with van der Waals surface area (Å²) >= 11 is 11.8. The fourth-order valence-electron chi connectivity index (χ4n) is 1.16. The van der Waals surface area contributed by atoms with Crippen LogP contribution in [0.1, 0.15) is 13.8 Å². The van der Waals surface area contributed by atoms with Crippen molar-refractivity contribution in [3.05, 3.63) is 16.1 Å². The minimum atomic E-state index is 0.201. The lowest BCUT2D eigenvalue weighted by Gasteiger charge is -2.11. The quantitative estimate of drug-likeness (QED) is 0.424. The molecular formula is C10H16Cl2N4O. The van der Waals surface area contributed by atoms with Gasteiger partial charge in [-0.3, -0.25) is 0 Å². The first-order valence-corrected chi connectivity index (χ1v) is 5.98. The minimum absolute atomic E-state index is 0.201. The number of hydrogen-bond donors (Lipinski definition) is 3. The second kappa shape index (κ2) is 6.86. The predicted molar refractivity (Wildman–Crippen MR) is 71.6 cm³/mol. The summed E-state index contributed by atoms with van der Waals surface area (Å²) in [5.41, 5.74) is 2.40. The van der Waals surface area contributed by atoms with Crippen molar-refractivity contribution in [3.8, 4) is 0 Å². The molecule has 0 saturated heterocycles. The minimum Gasteiger partial charge on any atom is -0.377 e. The Labute approximate surface area is 111 Å². The van der Waals surface area contributed by atoms with E-state index >= 15 is 0 Å². The molecule has 5 nitrogen and oxygen atoms in total. The number of nitrogens with two attached hydrogens (primary N) is 1. The number of ether oxygens (including phenoxy) is 1. The highest BCUT2D eigenvalue weighted by molar-refractivity contribution is 6.37. The predicted octanol–water partition coefficient (Wildman–Crippen LogP) is 2.51. The normalized spacial score (nSPS) is 10.7. The molecule has 0 radical (unpaired) electrons. The van der Waals surface area contributed by atoms with Crippen LogP contribution in [-0.2, 0) is 4.74 Å². The Kier molecular flexibility index (Phi) is 5.77. The molecule has 0 spiro atoms. The molecule has 0 fully saturated rings. The maximum absolute atomic E-state index is 5.98. The van der Waals surface area contributed by atoms with Crippen LogP contribution in [0.5, 0.6) is 0 Å². The Morgan fingerprint density at radius 3 is 2.59 bits per heavy atom. The van der Waals surface area contributed by atoms with Crippen molar-refractivity contribution in [2.24, 2.45) is 5.84 Å². The molecule has 0 saturated carbocycles. The van der Waals surface area contributed by atoms with Crippen LogP contribution in [0.4, 0.5) is 11.6 Å². The number of halogens is 2. The number of nitrogen functional groups attached to an aromatic ring is 1. The van der Waals surface area contributed by atoms with Gasteiger partial charge in [-0.25, -0.2) is 10.8 Å². The first-order chi connectivity index (χ1) is 8.04. The third kappa shape index (κ3) is 4.55. The molecular weight excluding hydrogens is 263 g/mol. The lowest BCUT2D eigenvalue weighted by molar-refractivity contribution is 0.0870. The van der Waals surface area contributed by atoms with E-state index in [1.807, 2.05) is 13.8 Å². The number of rotatable bonds is 6. The fraction of sp³-hybridized carbons (Fsp3) is 0.500. The van der Waals surface area contributed by atoms with Crippen LogP contribution in [0, 0.1) is 0 Å². The van der Waals surface area contributed by atoms with Gasteiger partial charge in [0.15, 0.2) is 5.82 Å². The van der Waals surface area contributed by atoms with Gasteiger partial charge >= 0.3 is 0 Å². The van der Waals surface area contributed by atoms with Crippen LogP contribution < -0.4 is 16.6 Å². The molecule has 1 aromatic rings. The number of hydrazine groups is 1. The number of hydrogen-bond acceptors (Lipinski definition) is 5. The van der Waals surface area contributed by atoms with Crippen molar-refractivity contribution in [3.63, 3.8) is 0 Å². The summed E-state index contributed by atoms with van der Waals surface area (Å²) in [4.78, 5) is 4.14. The highest BCUT2D eigenvalue weighted by Crippen LogP contribution is 2.28. The molecule has 1 aromatic heterocycles. The molecule has 0 amide bonds. The molecule has 0 atom stereocenters. The summed E-state index contributed by atoms with van der Waals surface area (Å²) in [5, 5.41) is 3.87. The highest BCUT2D eigenvalue weighted by Gasteiger charge is 2.08. The highest BCUT2D eigenvalue weighted by atomic mass is 35.5. The summed E-state index contributed by atoms with van der Waals surface area (Å²) < 4.78 is 5.38. The standard InChI is InChI=1S/C10H16Cl2N4O/c1-6(2)17-4-3-14-9-7(11)5-8(12)10(15-9)16-13/h5-6H,3-4,13H2,1-2H3,(H2,14,15,16). The zero-order valence-electron chi connectivity index (χ0n) is 9.76. The largest absolute Gasteiger partial charge is 0.377 e. The van der Waals surface area contributed by atoms with Crippen molar-refractivity contribution in [1.29, 1.82) is 0 Å². The second-order valence-corrected chi connectivity index (χ2v) is 4.45. The Morgan fingerprint density at radius 1 is 1.35 bits per heavy atom. The molecule has 0 unspecified atom stereocenters. The van der Waals surface area contributed by atoms with E-state index in [9.17, 15) is 0 Å². The van der Waals surface area contributed by atoms with Gasteiger partial charge in [0, 0.05) is 6.54 Å². The van der Waals surface area contributed by atoms with Crippen LogP contribution in [-0.4, -0.2) is 24.2 Å². The van der Waals surface area contributed by atoms with E-state index in [0.29, 0.717) is 34.8 Å². The maximum Gasteiger partial charge on any atom is 0.161 e. The third-order valence-electron chi connectivity index (χ3n) is 1.91. The molecule has 1 rings (SSSR count). The first kappa shape index (κ1) is 14.3. The Bertz CT molecular complexity index is 374. The zero-order chi connectivity index (χ0) is 12.8. The van der Waals surface area contributed by atoms with Crippen LogP contribution in [0.15, 0.2) is 6.07 Å². The number of pyridine rings is 1. The van der Waals surface area contributed by atoms with Gasteiger partial charge in [0.2, 0.25) is 0 Å². The SMILES string of the molecule is CC(C)OCCNc1nc(NN)c(Cl)cc1Cl. The van der Waals surface area contributed by atoms with Crippen LogP contribution in [0.3, 0.4) is 0 Å². The summed E-state index contributed by atoms with van der Waals surface area (Å²) in [6.07, 6.45) is 0.201. The summed E-state index contributed by atoms with van der Waals surface area (Å²) in [6, 6.07) is 1.58. The molecule has 96 valence electrons. The third-order valence-corrected chi connectivity index (χ3v) is 2.49. The second-order valence-electron chi connectivity index (χ2n) is 3.64. The summed E-state index contributed by atoms with van der Waals surface area (Å²) in [5.74, 6) is 6.17. The van der Waals surface area contributed by atoms with E-state index in [4.69, 9.17) is 33.8 Å². The molecule has 17 heavy (non-hydrogen) atoms. The molecule has 0 bridgehead atoms. The van der Waals surface area contributed by atoms with E-state index in [2.05, 4.69) is 15.7 Å². The Balaban J connectivity index is 2.58. The molecule has 0 aliphatic rings. The van der Waals surface area contributed by atoms with E-state index in [1.165, 1.54) is 0 Å². The molecule has 4 N–H and O–H groups in total. The monoisotopic (exact) mass is 278 g/mol. The van der Waals surface area contributed by atoms with Crippen molar-refractivity contribution in [2.45, 2.75) is 20.0 Å². The topological polar surface area (TPSA) is 72.2 Å². The van der Waals surface area contributed by atoms with E-state index in [-0.39, 0.29) is 6.10 Å². The number of nitrogens with zero attached hydrogens (tertiary/aromatic N) is 1. The van der Waals surface area contributed by atoms with E-state index < -0.39 is 0 Å². The smallest absolute Gasteiger partial charge is 0.161 e. The van der Waals surface area contributed by atoms with Gasteiger partial charge < -0.3 is 15.5 Å². The Hall–Kier alpha value is -0.750. The average molecular weight is 279 g/mol. The summed E-state index contributed by atoms with van der Waals surface area (Å²) in [6.45, 7) is 5.13. The number of aromatic nitrogens is 1. The lowest BCUT2D eigenvalue weighted by Crippen LogP contribution is -2.15. The molecule has 7 heteroatoms. The van der Waals surface area contributed by atoms with Gasteiger partial charge in [0.05, 0.1) is 22.8 Å². The fourth-order valence-corrected chi connectivity index (χ4v) is 1.64. The summed E-state index contributed by atoms with van der Waals surface area (Å²) in [7, 11) is 0. The van der Waals surface area contributed by atoms with E-state index in [0.717, 1.165) is 0 Å². The zero-order valence-corrected chi connectivity index (χ0v) is 11.3. The van der Waals surface area contributed by atoms with Gasteiger partial charge in [0.1, 0.15) is 5.82 Å². The molecule has 0 aliphatic heterocycles. The van der Waals surface area contributed by atoms with E-state index in [1.54, 1.807) is 6.07 Å². The van der Waals surface area contributed by atoms with Crippen molar-refractivity contribution in [1.82, 2.24) is 4.98 Å². The van der Waals surface area contributed by atoms with Gasteiger partial charge in [-0.05, 0) is 19.9 Å². The maximum atomic E-state index is 5.98. The molecule has 0 aliphatic carbocycles. The molecule has 0 aromatic carbocycles. The van der Waals surface area contributed by atoms with Crippen molar-refractivity contribution in [2.75, 3.05) is 23.9 Å².